The van der Waals surface area contributed by atoms with Gasteiger partial charge in [0, 0.05) is 0 Å². The van der Waals surface area contributed by atoms with E-state index in [1.807, 2.05) is 18.2 Å². The molecule has 3 heteroatoms. The molecule has 1 unspecified atom stereocenters. The van der Waals surface area contributed by atoms with Crippen molar-refractivity contribution in [3.63, 3.8) is 0 Å². The summed E-state index contributed by atoms with van der Waals surface area (Å²) in [7, 11) is 0. The van der Waals surface area contributed by atoms with Gasteiger partial charge in [-0.2, -0.15) is 35.4 Å². The predicted octanol–water partition coefficient (Wildman–Crippen LogP) is 3.38. The molecule has 3 aliphatic carbocycles. The zero-order chi connectivity index (χ0) is 25.4. The van der Waals surface area contributed by atoms with E-state index in [1.165, 1.54) is 71.9 Å². The SMILES string of the molecule is C=Cc1c[c-]c2c(c1)-c1cc(C=C)ccc1C2.CCC1[C-]=CC(C(C)(C)C)=C1.[Cl-].[Cl-].[Zr+2]=[C]1CCCCC1. The Hall–Kier alpha value is -1.27. The molecular weight excluding hydrogens is 571 g/mol. The molecule has 2 aromatic rings. The van der Waals surface area contributed by atoms with Crippen LogP contribution in [0.15, 0.2) is 61.2 Å². The minimum atomic E-state index is 0. The van der Waals surface area contributed by atoms with Crippen LogP contribution in [-0.2, 0) is 30.7 Å². The first-order chi connectivity index (χ1) is 16.7. The number of allylic oxidation sites excluding steroid dienone is 4. The molecule has 37 heavy (non-hydrogen) atoms. The van der Waals surface area contributed by atoms with Crippen molar-refractivity contribution < 1.29 is 49.0 Å². The fourth-order valence-corrected chi connectivity index (χ4v) is 5.42. The number of hydrogen-bond donors (Lipinski definition) is 0. The number of rotatable bonds is 3. The topological polar surface area (TPSA) is 0 Å². The number of halogens is 2. The Morgan fingerprint density at radius 1 is 0.973 bits per heavy atom. The molecule has 0 radical (unpaired) electrons. The molecular formula is C34H40Cl2Zr-2. The molecule has 2 aromatic carbocycles. The average Bonchev–Trinajstić information content (AvgIpc) is 3.49. The first kappa shape index (κ1) is 33.8. The molecule has 196 valence electrons. The van der Waals surface area contributed by atoms with Gasteiger partial charge in [0.2, 0.25) is 0 Å². The molecule has 0 heterocycles. The summed E-state index contributed by atoms with van der Waals surface area (Å²) in [5.41, 5.74) is 9.30. The van der Waals surface area contributed by atoms with Crippen molar-refractivity contribution in [2.45, 2.75) is 72.6 Å². The standard InChI is InChI=1S/C17H13.C11H17.C6H10.2ClH.Zr/c1-3-12-5-7-14-11-15-8-6-13(4-2)10-17(15)16(14)9-12;1-5-9-6-7-10(8-9)11(2,3)4;1-2-4-6-5-3-1;;;/h3-7,9-10H,1-2,11H2;7-9H,5H2,1-4H3;1-5H2;2*1H;/q2*-1;;;;+2/p-2. The second kappa shape index (κ2) is 16.0. The fourth-order valence-electron chi connectivity index (χ4n) is 4.55. The molecule has 0 bridgehead atoms. The molecule has 0 amide bonds. The fraction of sp³-hybridized carbons (Fsp3) is 0.382. The van der Waals surface area contributed by atoms with Crippen LogP contribution in [0.1, 0.15) is 88.5 Å². The van der Waals surface area contributed by atoms with Crippen LogP contribution in [0.4, 0.5) is 0 Å². The Kier molecular flexibility index (Phi) is 14.6. The van der Waals surface area contributed by atoms with E-state index in [0.717, 1.165) is 12.0 Å². The molecule has 0 N–H and O–H groups in total. The van der Waals surface area contributed by atoms with Gasteiger partial charge in [-0.05, 0) is 12.0 Å². The van der Waals surface area contributed by atoms with Crippen molar-refractivity contribution in [1.29, 1.82) is 0 Å². The monoisotopic (exact) mass is 608 g/mol. The third-order valence-electron chi connectivity index (χ3n) is 6.91. The Morgan fingerprint density at radius 3 is 2.11 bits per heavy atom. The van der Waals surface area contributed by atoms with Crippen LogP contribution >= 0.6 is 0 Å². The van der Waals surface area contributed by atoms with E-state index in [2.05, 4.69) is 89.4 Å². The van der Waals surface area contributed by atoms with Gasteiger partial charge in [-0.15, -0.1) is 23.8 Å². The maximum absolute atomic E-state index is 3.82. The van der Waals surface area contributed by atoms with Crippen LogP contribution in [0, 0.1) is 23.5 Å². The molecule has 0 aliphatic heterocycles. The van der Waals surface area contributed by atoms with E-state index in [1.54, 1.807) is 27.4 Å². The van der Waals surface area contributed by atoms with E-state index < -0.39 is 0 Å². The van der Waals surface area contributed by atoms with Crippen molar-refractivity contribution in [1.82, 2.24) is 0 Å². The molecule has 1 atom stereocenters. The third kappa shape index (κ3) is 9.77. The summed E-state index contributed by atoms with van der Waals surface area (Å²) in [6.45, 7) is 16.6. The van der Waals surface area contributed by atoms with Crippen molar-refractivity contribution in [2.24, 2.45) is 11.3 Å². The number of fused-ring (bicyclic) bond motifs is 3. The third-order valence-corrected chi connectivity index (χ3v) is 8.14. The molecule has 1 fully saturated rings. The molecule has 0 spiro atoms. The van der Waals surface area contributed by atoms with Gasteiger partial charge in [0.05, 0.1) is 0 Å². The minimum absolute atomic E-state index is 0. The van der Waals surface area contributed by atoms with Gasteiger partial charge >= 0.3 is 59.5 Å². The van der Waals surface area contributed by atoms with Crippen LogP contribution in [-0.4, -0.2) is 3.21 Å². The summed E-state index contributed by atoms with van der Waals surface area (Å²) in [6, 6.07) is 14.1. The number of hydrogen-bond acceptors (Lipinski definition) is 0. The zero-order valence-corrected chi connectivity index (χ0v) is 26.9. The van der Waals surface area contributed by atoms with Gasteiger partial charge in [0.15, 0.2) is 0 Å². The van der Waals surface area contributed by atoms with Crippen LogP contribution in [0.5, 0.6) is 0 Å². The Labute approximate surface area is 253 Å². The Bertz CT molecular complexity index is 1070. The Morgan fingerprint density at radius 2 is 1.62 bits per heavy atom. The molecule has 1 saturated carbocycles. The van der Waals surface area contributed by atoms with Gasteiger partial charge in [-0.25, -0.2) is 6.08 Å². The summed E-state index contributed by atoms with van der Waals surface area (Å²) in [4.78, 5) is 0. The zero-order valence-electron chi connectivity index (χ0n) is 22.9. The van der Waals surface area contributed by atoms with Gasteiger partial charge < -0.3 is 24.8 Å². The van der Waals surface area contributed by atoms with Gasteiger partial charge in [0.25, 0.3) is 0 Å². The van der Waals surface area contributed by atoms with Crippen LogP contribution in [0.2, 0.25) is 0 Å². The summed E-state index contributed by atoms with van der Waals surface area (Å²) in [6.07, 6.45) is 21.1. The van der Waals surface area contributed by atoms with E-state index in [9.17, 15) is 0 Å². The normalized spacial score (nSPS) is 16.9. The van der Waals surface area contributed by atoms with E-state index >= 15 is 0 Å². The van der Waals surface area contributed by atoms with Crippen LogP contribution < -0.4 is 24.8 Å². The molecule has 5 rings (SSSR count). The van der Waals surface area contributed by atoms with E-state index in [-0.39, 0.29) is 24.8 Å². The molecule has 0 aromatic heterocycles. The second-order valence-electron chi connectivity index (χ2n) is 10.7. The van der Waals surface area contributed by atoms with Gasteiger partial charge in [0.1, 0.15) is 0 Å². The molecule has 3 aliphatic rings. The van der Waals surface area contributed by atoms with Crippen LogP contribution in [0.25, 0.3) is 23.3 Å². The molecule has 0 nitrogen and oxygen atoms in total. The summed E-state index contributed by atoms with van der Waals surface area (Å²) in [5.74, 6) is 0.573. The maximum atomic E-state index is 3.82. The first-order valence-corrected chi connectivity index (χ1v) is 14.3. The van der Waals surface area contributed by atoms with Crippen molar-refractivity contribution >= 4 is 15.4 Å². The van der Waals surface area contributed by atoms with Gasteiger partial charge in [-0.1, -0.05) is 87.4 Å². The second-order valence-corrected chi connectivity index (χ2v) is 12.4. The summed E-state index contributed by atoms with van der Waals surface area (Å²) >= 11 is 1.69. The number of benzene rings is 2. The quantitative estimate of drug-likeness (QED) is 0.399. The first-order valence-electron chi connectivity index (χ1n) is 13.1. The van der Waals surface area contributed by atoms with E-state index in [4.69, 9.17) is 0 Å². The van der Waals surface area contributed by atoms with Crippen LogP contribution in [0.3, 0.4) is 0 Å². The molecule has 0 saturated heterocycles. The predicted molar refractivity (Wildman–Crippen MR) is 151 cm³/mol. The van der Waals surface area contributed by atoms with Crippen molar-refractivity contribution in [2.75, 3.05) is 0 Å². The average molecular weight is 611 g/mol. The van der Waals surface area contributed by atoms with Crippen molar-refractivity contribution in [3.8, 4) is 11.1 Å². The summed E-state index contributed by atoms with van der Waals surface area (Å²) in [5, 5.41) is 0. The van der Waals surface area contributed by atoms with Crippen molar-refractivity contribution in [3.05, 3.63) is 95.6 Å². The Balaban J connectivity index is 0.000000297. The van der Waals surface area contributed by atoms with E-state index in [0.29, 0.717) is 11.3 Å². The van der Waals surface area contributed by atoms with Gasteiger partial charge in [-0.3, -0.25) is 6.08 Å². The summed E-state index contributed by atoms with van der Waals surface area (Å²) < 4.78 is 1.80.